The summed E-state index contributed by atoms with van der Waals surface area (Å²) in [5, 5.41) is 3.60. The maximum absolute atomic E-state index is 5.57. The van der Waals surface area contributed by atoms with E-state index in [0.29, 0.717) is 18.1 Å². The van der Waals surface area contributed by atoms with Crippen LogP contribution in [0.4, 0.5) is 0 Å². The zero-order valence-electron chi connectivity index (χ0n) is 9.49. The van der Waals surface area contributed by atoms with Gasteiger partial charge in [-0.2, -0.15) is 0 Å². The number of morpholine rings is 1. The second-order valence-electron chi connectivity index (χ2n) is 4.79. The quantitative estimate of drug-likeness (QED) is 0.620. The lowest BCUT2D eigenvalue weighted by Gasteiger charge is -2.41. The molecule has 2 saturated heterocycles. The highest BCUT2D eigenvalue weighted by Crippen LogP contribution is 2.22. The molecule has 14 heavy (non-hydrogen) atoms. The Kier molecular flexibility index (Phi) is 3.10. The van der Waals surface area contributed by atoms with Crippen LogP contribution in [0.3, 0.4) is 0 Å². The molecule has 0 aliphatic carbocycles. The van der Waals surface area contributed by atoms with Crippen molar-refractivity contribution < 1.29 is 4.74 Å². The zero-order chi connectivity index (χ0) is 10.1. The number of nitrogens with zero attached hydrogens (tertiary/aromatic N) is 1. The molecule has 3 heteroatoms. The number of nitrogens with one attached hydrogen (secondary N) is 1. The van der Waals surface area contributed by atoms with E-state index >= 15 is 0 Å². The first kappa shape index (κ1) is 10.4. The molecule has 2 heterocycles. The molecule has 3 nitrogen and oxygen atoms in total. The molecule has 2 fully saturated rings. The summed E-state index contributed by atoms with van der Waals surface area (Å²) in [4.78, 5) is 2.62. The fraction of sp³-hybridized carbons (Fsp3) is 1.00. The maximum Gasteiger partial charge on any atom is 0.0637 e. The van der Waals surface area contributed by atoms with E-state index in [2.05, 4.69) is 31.0 Å². The lowest BCUT2D eigenvalue weighted by molar-refractivity contribution is -0.0351. The number of hydrogen-bond donors (Lipinski definition) is 1. The second-order valence-corrected chi connectivity index (χ2v) is 4.79. The molecule has 0 bridgehead atoms. The summed E-state index contributed by atoms with van der Waals surface area (Å²) in [5.74, 6) is 0.737. The minimum absolute atomic E-state index is 0.558. The topological polar surface area (TPSA) is 24.5 Å². The van der Waals surface area contributed by atoms with Crippen molar-refractivity contribution in [2.45, 2.75) is 38.9 Å². The molecule has 0 aromatic heterocycles. The third-order valence-corrected chi connectivity index (χ3v) is 3.89. The van der Waals surface area contributed by atoms with Gasteiger partial charge in [-0.3, -0.25) is 4.90 Å². The lowest BCUT2D eigenvalue weighted by atomic mass is 10.0. The van der Waals surface area contributed by atoms with Crippen molar-refractivity contribution in [3.63, 3.8) is 0 Å². The van der Waals surface area contributed by atoms with E-state index in [4.69, 9.17) is 4.74 Å². The largest absolute Gasteiger partial charge is 0.378 e. The first-order valence-electron chi connectivity index (χ1n) is 5.77. The fourth-order valence-corrected chi connectivity index (χ4v) is 2.58. The summed E-state index contributed by atoms with van der Waals surface area (Å²) < 4.78 is 5.57. The number of hydrogen-bond acceptors (Lipinski definition) is 3. The van der Waals surface area contributed by atoms with Crippen molar-refractivity contribution in [3.05, 3.63) is 0 Å². The second kappa shape index (κ2) is 4.17. The Hall–Kier alpha value is -0.120. The van der Waals surface area contributed by atoms with E-state index in [9.17, 15) is 0 Å². The summed E-state index contributed by atoms with van der Waals surface area (Å²) in [6, 6.07) is 1.81. The van der Waals surface area contributed by atoms with Crippen LogP contribution in [0.5, 0.6) is 0 Å². The van der Waals surface area contributed by atoms with Crippen LogP contribution in [0.2, 0.25) is 0 Å². The summed E-state index contributed by atoms with van der Waals surface area (Å²) in [6.45, 7) is 11.0. The normalized spacial score (nSPS) is 45.6. The summed E-state index contributed by atoms with van der Waals surface area (Å²) >= 11 is 0. The maximum atomic E-state index is 5.57. The van der Waals surface area contributed by atoms with Crippen molar-refractivity contribution >= 4 is 0 Å². The van der Waals surface area contributed by atoms with Gasteiger partial charge in [0.15, 0.2) is 0 Å². The molecular formula is C11H22N2O. The van der Waals surface area contributed by atoms with Gasteiger partial charge in [0.25, 0.3) is 0 Å². The number of fused-ring (bicyclic) bond motifs is 1. The summed E-state index contributed by atoms with van der Waals surface area (Å²) in [7, 11) is 0. The highest BCUT2D eigenvalue weighted by atomic mass is 16.5. The molecule has 4 atom stereocenters. The third-order valence-electron chi connectivity index (χ3n) is 3.89. The van der Waals surface area contributed by atoms with Gasteiger partial charge in [-0.25, -0.2) is 0 Å². The summed E-state index contributed by atoms with van der Waals surface area (Å²) in [5.41, 5.74) is 0. The van der Waals surface area contributed by atoms with Gasteiger partial charge in [0.1, 0.15) is 0 Å². The van der Waals surface area contributed by atoms with Crippen molar-refractivity contribution in [2.75, 3.05) is 26.3 Å². The minimum Gasteiger partial charge on any atom is -0.378 e. The van der Waals surface area contributed by atoms with Gasteiger partial charge >= 0.3 is 0 Å². The Morgan fingerprint density at radius 1 is 1.29 bits per heavy atom. The van der Waals surface area contributed by atoms with Crippen LogP contribution < -0.4 is 5.32 Å². The first-order chi connectivity index (χ1) is 6.70. The molecule has 2 unspecified atom stereocenters. The highest BCUT2D eigenvalue weighted by molar-refractivity contribution is 4.92. The molecular weight excluding hydrogens is 176 g/mol. The molecule has 2 aliphatic heterocycles. The van der Waals surface area contributed by atoms with Gasteiger partial charge in [-0.05, 0) is 26.3 Å². The Bertz CT molecular complexity index is 198. The average molecular weight is 198 g/mol. The van der Waals surface area contributed by atoms with E-state index in [1.165, 1.54) is 0 Å². The van der Waals surface area contributed by atoms with Crippen LogP contribution in [-0.2, 0) is 4.74 Å². The van der Waals surface area contributed by atoms with E-state index < -0.39 is 0 Å². The van der Waals surface area contributed by atoms with Gasteiger partial charge < -0.3 is 10.1 Å². The molecule has 0 saturated carbocycles. The van der Waals surface area contributed by atoms with E-state index in [1.807, 2.05) is 0 Å². The van der Waals surface area contributed by atoms with E-state index in [-0.39, 0.29) is 0 Å². The Balaban J connectivity index is 2.13. The highest BCUT2D eigenvalue weighted by Gasteiger charge is 2.35. The zero-order valence-corrected chi connectivity index (χ0v) is 9.49. The molecule has 0 spiro atoms. The van der Waals surface area contributed by atoms with Gasteiger partial charge in [-0.1, -0.05) is 6.92 Å². The molecule has 0 amide bonds. The van der Waals surface area contributed by atoms with Crippen LogP contribution in [0.1, 0.15) is 20.8 Å². The van der Waals surface area contributed by atoms with Gasteiger partial charge in [0, 0.05) is 24.7 Å². The SMILES string of the molecule is CC1NC[C@@H](C)[C@@H](C)N2CCOCC12. The van der Waals surface area contributed by atoms with Crippen molar-refractivity contribution in [2.24, 2.45) is 5.92 Å². The molecule has 0 aromatic carbocycles. The van der Waals surface area contributed by atoms with Gasteiger partial charge in [0.05, 0.1) is 13.2 Å². The predicted octanol–water partition coefficient (Wildman–Crippen LogP) is 0.704. The smallest absolute Gasteiger partial charge is 0.0637 e. The van der Waals surface area contributed by atoms with Crippen LogP contribution >= 0.6 is 0 Å². The molecule has 82 valence electrons. The van der Waals surface area contributed by atoms with E-state index in [1.54, 1.807) is 0 Å². The Labute approximate surface area is 86.8 Å². The fourth-order valence-electron chi connectivity index (χ4n) is 2.58. The number of rotatable bonds is 0. The van der Waals surface area contributed by atoms with Crippen LogP contribution in [0.25, 0.3) is 0 Å². The first-order valence-corrected chi connectivity index (χ1v) is 5.77. The monoisotopic (exact) mass is 198 g/mol. The third kappa shape index (κ3) is 1.81. The molecule has 2 aliphatic rings. The Morgan fingerprint density at radius 3 is 2.86 bits per heavy atom. The van der Waals surface area contributed by atoms with E-state index in [0.717, 1.165) is 32.2 Å². The van der Waals surface area contributed by atoms with Crippen molar-refractivity contribution in [1.82, 2.24) is 10.2 Å². The molecule has 1 N–H and O–H groups in total. The summed E-state index contributed by atoms with van der Waals surface area (Å²) in [6.07, 6.45) is 0. The molecule has 0 radical (unpaired) electrons. The Morgan fingerprint density at radius 2 is 2.07 bits per heavy atom. The van der Waals surface area contributed by atoms with Crippen molar-refractivity contribution in [1.29, 1.82) is 0 Å². The predicted molar refractivity (Wildman–Crippen MR) is 57.4 cm³/mol. The lowest BCUT2D eigenvalue weighted by Crippen LogP contribution is -2.55. The van der Waals surface area contributed by atoms with Crippen LogP contribution in [0.15, 0.2) is 0 Å². The number of ether oxygens (including phenoxy) is 1. The standard InChI is InChI=1S/C11H22N2O/c1-8-6-12-9(2)11-7-14-5-4-13(11)10(8)3/h8-12H,4-7H2,1-3H3/t8-,9?,10-,11?/m1/s1. The molecule has 2 rings (SSSR count). The van der Waals surface area contributed by atoms with Crippen molar-refractivity contribution in [3.8, 4) is 0 Å². The van der Waals surface area contributed by atoms with Crippen LogP contribution in [-0.4, -0.2) is 49.3 Å². The van der Waals surface area contributed by atoms with Crippen LogP contribution in [0, 0.1) is 5.92 Å². The average Bonchev–Trinajstić information content (AvgIpc) is 2.33. The molecule has 0 aromatic rings. The van der Waals surface area contributed by atoms with Gasteiger partial charge in [0.2, 0.25) is 0 Å². The minimum atomic E-state index is 0.558. The van der Waals surface area contributed by atoms with Gasteiger partial charge in [-0.15, -0.1) is 0 Å².